The lowest BCUT2D eigenvalue weighted by Gasteiger charge is -1.84. The molecule has 0 aliphatic carbocycles. The SMILES string of the molecule is COOC#COOC. The van der Waals surface area contributed by atoms with Crippen molar-refractivity contribution in [3.05, 3.63) is 0 Å². The first-order chi connectivity index (χ1) is 3.91. The van der Waals surface area contributed by atoms with Gasteiger partial charge in [0.25, 0.3) is 0 Å². The summed E-state index contributed by atoms with van der Waals surface area (Å²) in [4.78, 5) is 16.3. The van der Waals surface area contributed by atoms with Crippen LogP contribution < -0.4 is 0 Å². The molecule has 0 aliphatic heterocycles. The second-order valence-corrected chi connectivity index (χ2v) is 0.704. The molecular formula is C4H6O4. The van der Waals surface area contributed by atoms with Crippen molar-refractivity contribution < 1.29 is 19.6 Å². The van der Waals surface area contributed by atoms with Crippen LogP contribution in [0.5, 0.6) is 0 Å². The van der Waals surface area contributed by atoms with E-state index < -0.39 is 0 Å². The largest absolute Gasteiger partial charge is 0.279 e. The number of hydrogen-bond donors (Lipinski definition) is 0. The predicted molar refractivity (Wildman–Crippen MR) is 24.0 cm³/mol. The van der Waals surface area contributed by atoms with Crippen molar-refractivity contribution in [1.82, 2.24) is 0 Å². The minimum absolute atomic E-state index is 1.33. The average molecular weight is 118 g/mol. The fourth-order valence-electron chi connectivity index (χ4n) is 0.117. The molecule has 0 rings (SSSR count). The Labute approximate surface area is 47.1 Å². The molecule has 0 bridgehead atoms. The Hall–Kier alpha value is -0.920. The van der Waals surface area contributed by atoms with Gasteiger partial charge in [0.1, 0.15) is 0 Å². The quantitative estimate of drug-likeness (QED) is 0.292. The van der Waals surface area contributed by atoms with E-state index in [1.165, 1.54) is 14.2 Å². The minimum atomic E-state index is 1.33. The van der Waals surface area contributed by atoms with Crippen molar-refractivity contribution in [3.63, 3.8) is 0 Å². The number of hydrogen-bond acceptors (Lipinski definition) is 4. The van der Waals surface area contributed by atoms with Gasteiger partial charge < -0.3 is 0 Å². The van der Waals surface area contributed by atoms with Crippen LogP contribution in [0.15, 0.2) is 0 Å². The third-order valence-electron chi connectivity index (χ3n) is 0.292. The average Bonchev–Trinajstić information content (AvgIpc) is 1.81. The summed E-state index contributed by atoms with van der Waals surface area (Å²) in [6, 6.07) is 0. The zero-order chi connectivity index (χ0) is 6.24. The topological polar surface area (TPSA) is 36.9 Å². The molecule has 0 aromatic heterocycles. The van der Waals surface area contributed by atoms with Crippen molar-refractivity contribution >= 4 is 0 Å². The Morgan fingerprint density at radius 3 is 1.50 bits per heavy atom. The molecule has 0 unspecified atom stereocenters. The van der Waals surface area contributed by atoms with Gasteiger partial charge in [-0.1, -0.05) is 0 Å². The lowest BCUT2D eigenvalue weighted by atomic mass is 11.2. The molecule has 0 heterocycles. The van der Waals surface area contributed by atoms with Gasteiger partial charge in [-0.05, 0) is 0 Å². The van der Waals surface area contributed by atoms with E-state index in [1.54, 1.807) is 0 Å². The summed E-state index contributed by atoms with van der Waals surface area (Å²) >= 11 is 0. The second kappa shape index (κ2) is 6.08. The second-order valence-electron chi connectivity index (χ2n) is 0.704. The van der Waals surface area contributed by atoms with E-state index in [4.69, 9.17) is 0 Å². The van der Waals surface area contributed by atoms with E-state index in [2.05, 4.69) is 19.6 Å². The van der Waals surface area contributed by atoms with Gasteiger partial charge >= 0.3 is 0 Å². The molecule has 0 fully saturated rings. The van der Waals surface area contributed by atoms with Gasteiger partial charge in [-0.15, -0.1) is 0 Å². The molecule has 0 saturated carbocycles. The molecule has 0 spiro atoms. The summed E-state index contributed by atoms with van der Waals surface area (Å²) in [7, 11) is 2.67. The molecule has 0 radical (unpaired) electrons. The monoisotopic (exact) mass is 118 g/mol. The standard InChI is InChI=1S/C4H6O4/c1-5-7-3-4-8-6-2/h1-2H3. The maximum Gasteiger partial charge on any atom is 0.204 e. The van der Waals surface area contributed by atoms with Crippen LogP contribution in [-0.4, -0.2) is 14.2 Å². The summed E-state index contributed by atoms with van der Waals surface area (Å²) in [6.07, 6.45) is 4.03. The smallest absolute Gasteiger partial charge is 0.204 e. The van der Waals surface area contributed by atoms with Crippen LogP contribution >= 0.6 is 0 Å². The molecule has 4 nitrogen and oxygen atoms in total. The van der Waals surface area contributed by atoms with Gasteiger partial charge in [-0.25, -0.2) is 0 Å². The Balaban J connectivity index is 2.95. The van der Waals surface area contributed by atoms with E-state index >= 15 is 0 Å². The lowest BCUT2D eigenvalue weighted by Crippen LogP contribution is -1.80. The van der Waals surface area contributed by atoms with Gasteiger partial charge in [0.15, 0.2) is 0 Å². The van der Waals surface area contributed by atoms with Gasteiger partial charge in [-0.3, -0.25) is 9.78 Å². The normalized spacial score (nSPS) is 6.75. The Morgan fingerprint density at radius 2 is 1.25 bits per heavy atom. The maximum absolute atomic E-state index is 4.08. The molecule has 0 aliphatic rings. The first kappa shape index (κ1) is 7.08. The third kappa shape index (κ3) is 5.08. The molecule has 0 aromatic carbocycles. The van der Waals surface area contributed by atoms with Gasteiger partial charge in [0, 0.05) is 0 Å². The predicted octanol–water partition coefficient (Wildman–Crippen LogP) is 0.0608. The fourth-order valence-corrected chi connectivity index (χ4v) is 0.117. The Morgan fingerprint density at radius 1 is 0.875 bits per heavy atom. The van der Waals surface area contributed by atoms with Crippen molar-refractivity contribution in [2.75, 3.05) is 14.2 Å². The first-order valence-corrected chi connectivity index (χ1v) is 1.81. The third-order valence-corrected chi connectivity index (χ3v) is 0.292. The highest BCUT2D eigenvalue weighted by Crippen LogP contribution is 1.68. The van der Waals surface area contributed by atoms with Crippen LogP contribution in [0.3, 0.4) is 0 Å². The van der Waals surface area contributed by atoms with Crippen molar-refractivity contribution in [2.45, 2.75) is 0 Å². The summed E-state index contributed by atoms with van der Waals surface area (Å²) in [5.74, 6) is 0. The summed E-state index contributed by atoms with van der Waals surface area (Å²) in [6.45, 7) is 0. The molecule has 46 valence electrons. The van der Waals surface area contributed by atoms with Crippen LogP contribution in [0, 0.1) is 12.2 Å². The highest BCUT2D eigenvalue weighted by Gasteiger charge is 1.67. The van der Waals surface area contributed by atoms with Crippen LogP contribution in [0.25, 0.3) is 0 Å². The zero-order valence-electron chi connectivity index (χ0n) is 4.63. The summed E-state index contributed by atoms with van der Waals surface area (Å²) in [5.41, 5.74) is 0. The molecule has 0 amide bonds. The van der Waals surface area contributed by atoms with E-state index in [1.807, 2.05) is 12.2 Å². The van der Waals surface area contributed by atoms with Gasteiger partial charge in [-0.2, -0.15) is 9.78 Å². The first-order valence-electron chi connectivity index (χ1n) is 1.81. The molecule has 4 heteroatoms. The highest BCUT2D eigenvalue weighted by molar-refractivity contribution is 4.76. The van der Waals surface area contributed by atoms with Crippen LogP contribution in [-0.2, 0) is 19.6 Å². The molecule has 0 aromatic rings. The summed E-state index contributed by atoms with van der Waals surface area (Å²) < 4.78 is 0. The van der Waals surface area contributed by atoms with Crippen LogP contribution in [0.2, 0.25) is 0 Å². The minimum Gasteiger partial charge on any atom is -0.279 e. The van der Waals surface area contributed by atoms with E-state index in [0.717, 1.165) is 0 Å². The van der Waals surface area contributed by atoms with Crippen molar-refractivity contribution in [3.8, 4) is 12.2 Å². The lowest BCUT2D eigenvalue weighted by molar-refractivity contribution is -0.224. The molecular weight excluding hydrogens is 112 g/mol. The molecule has 8 heavy (non-hydrogen) atoms. The fraction of sp³-hybridized carbons (Fsp3) is 0.500. The Bertz CT molecular complexity index is 79.9. The molecule has 0 atom stereocenters. The maximum atomic E-state index is 4.08. The van der Waals surface area contributed by atoms with Crippen LogP contribution in [0.1, 0.15) is 0 Å². The Kier molecular flexibility index (Phi) is 5.38. The van der Waals surface area contributed by atoms with Gasteiger partial charge in [0.05, 0.1) is 14.2 Å². The highest BCUT2D eigenvalue weighted by atomic mass is 17.2. The zero-order valence-corrected chi connectivity index (χ0v) is 4.63. The molecule has 0 N–H and O–H groups in total. The van der Waals surface area contributed by atoms with Crippen molar-refractivity contribution in [1.29, 1.82) is 0 Å². The van der Waals surface area contributed by atoms with Gasteiger partial charge in [0.2, 0.25) is 12.2 Å². The van der Waals surface area contributed by atoms with E-state index in [-0.39, 0.29) is 0 Å². The van der Waals surface area contributed by atoms with Crippen LogP contribution in [0.4, 0.5) is 0 Å². The molecule has 0 saturated heterocycles. The van der Waals surface area contributed by atoms with E-state index in [0.29, 0.717) is 0 Å². The van der Waals surface area contributed by atoms with Crippen molar-refractivity contribution in [2.24, 2.45) is 0 Å². The van der Waals surface area contributed by atoms with E-state index in [9.17, 15) is 0 Å². The number of rotatable bonds is 2. The summed E-state index contributed by atoms with van der Waals surface area (Å²) in [5, 5.41) is 0.